The number of aliphatic hydroxyl groups is 8. The standard InChI is InChI=1S/C10H20O5.C6H14O3/c11-4-8-2-1-3-10(15,7-14)9(8,5-12)6-13;1-2-6(3-7,4-8)5-9/h8,11-15H,1-7H2;7-9H,2-5H2,1H3. The summed E-state index contributed by atoms with van der Waals surface area (Å²) in [5.74, 6) is -0.376. The van der Waals surface area contributed by atoms with Gasteiger partial charge in [-0.15, -0.1) is 0 Å². The normalized spacial score (nSPS) is 26.6. The molecule has 0 aromatic heterocycles. The van der Waals surface area contributed by atoms with Crippen molar-refractivity contribution in [2.75, 3.05) is 46.2 Å². The summed E-state index contributed by atoms with van der Waals surface area (Å²) in [5.41, 5.74) is -3.36. The molecule has 0 radical (unpaired) electrons. The van der Waals surface area contributed by atoms with Crippen LogP contribution in [-0.2, 0) is 0 Å². The highest BCUT2D eigenvalue weighted by Crippen LogP contribution is 2.47. The molecule has 1 aliphatic carbocycles. The molecule has 0 bridgehead atoms. The predicted molar refractivity (Wildman–Crippen MR) is 87.0 cm³/mol. The molecular formula is C16H34O8. The van der Waals surface area contributed by atoms with Gasteiger partial charge >= 0.3 is 0 Å². The van der Waals surface area contributed by atoms with Crippen LogP contribution in [0.15, 0.2) is 0 Å². The molecule has 0 heterocycles. The quantitative estimate of drug-likeness (QED) is 0.244. The second-order valence-corrected chi connectivity index (χ2v) is 6.76. The zero-order chi connectivity index (χ0) is 18.9. The minimum Gasteiger partial charge on any atom is -0.396 e. The van der Waals surface area contributed by atoms with Crippen molar-refractivity contribution >= 4 is 0 Å². The van der Waals surface area contributed by atoms with Gasteiger partial charge in [0.2, 0.25) is 0 Å². The minimum absolute atomic E-state index is 0.156. The fraction of sp³-hybridized carbons (Fsp3) is 1.00. The van der Waals surface area contributed by atoms with Crippen molar-refractivity contribution < 1.29 is 40.9 Å². The van der Waals surface area contributed by atoms with E-state index in [2.05, 4.69) is 0 Å². The van der Waals surface area contributed by atoms with E-state index in [1.165, 1.54) is 0 Å². The van der Waals surface area contributed by atoms with E-state index in [9.17, 15) is 25.5 Å². The first-order valence-corrected chi connectivity index (χ1v) is 8.33. The van der Waals surface area contributed by atoms with E-state index < -0.39 is 36.3 Å². The van der Waals surface area contributed by atoms with E-state index in [-0.39, 0.29) is 32.3 Å². The average Bonchev–Trinajstić information content (AvgIpc) is 2.64. The Morgan fingerprint density at radius 1 is 0.875 bits per heavy atom. The Balaban J connectivity index is 0.000000506. The van der Waals surface area contributed by atoms with Crippen LogP contribution in [0.4, 0.5) is 0 Å². The highest BCUT2D eigenvalue weighted by molar-refractivity contribution is 5.05. The summed E-state index contributed by atoms with van der Waals surface area (Å²) in [5, 5.41) is 73.3. The van der Waals surface area contributed by atoms with Crippen molar-refractivity contribution in [1.29, 1.82) is 0 Å². The molecule has 8 heteroatoms. The topological polar surface area (TPSA) is 162 Å². The Hall–Kier alpha value is -0.320. The summed E-state index contributed by atoms with van der Waals surface area (Å²) in [7, 11) is 0. The van der Waals surface area contributed by atoms with Gasteiger partial charge in [0.1, 0.15) is 0 Å². The number of aliphatic hydroxyl groups excluding tert-OH is 7. The third-order valence-electron chi connectivity index (χ3n) is 5.65. The van der Waals surface area contributed by atoms with Crippen LogP contribution < -0.4 is 0 Å². The summed E-state index contributed by atoms with van der Waals surface area (Å²) in [6.07, 6.45) is 2.24. The van der Waals surface area contributed by atoms with Crippen molar-refractivity contribution in [3.8, 4) is 0 Å². The van der Waals surface area contributed by atoms with E-state index in [0.717, 1.165) is 0 Å². The largest absolute Gasteiger partial charge is 0.396 e. The van der Waals surface area contributed by atoms with E-state index >= 15 is 0 Å². The molecule has 2 unspecified atom stereocenters. The smallest absolute Gasteiger partial charge is 0.0980 e. The maximum Gasteiger partial charge on any atom is 0.0980 e. The fourth-order valence-electron chi connectivity index (χ4n) is 3.14. The maximum absolute atomic E-state index is 10.2. The van der Waals surface area contributed by atoms with Crippen LogP contribution >= 0.6 is 0 Å². The number of rotatable bonds is 8. The van der Waals surface area contributed by atoms with Gasteiger partial charge in [-0.3, -0.25) is 0 Å². The van der Waals surface area contributed by atoms with Gasteiger partial charge in [0.05, 0.1) is 50.7 Å². The van der Waals surface area contributed by atoms with Gasteiger partial charge in [0, 0.05) is 12.0 Å². The second-order valence-electron chi connectivity index (χ2n) is 6.76. The van der Waals surface area contributed by atoms with Crippen molar-refractivity contribution in [2.24, 2.45) is 16.7 Å². The number of hydrogen-bond donors (Lipinski definition) is 8. The Bertz CT molecular complexity index is 313. The highest BCUT2D eigenvalue weighted by atomic mass is 16.3. The van der Waals surface area contributed by atoms with Crippen LogP contribution in [0.5, 0.6) is 0 Å². The summed E-state index contributed by atoms with van der Waals surface area (Å²) < 4.78 is 0. The van der Waals surface area contributed by atoms with Crippen LogP contribution in [0.25, 0.3) is 0 Å². The lowest BCUT2D eigenvalue weighted by Crippen LogP contribution is -2.62. The molecule has 8 N–H and O–H groups in total. The van der Waals surface area contributed by atoms with Crippen LogP contribution in [0.1, 0.15) is 32.6 Å². The van der Waals surface area contributed by atoms with Gasteiger partial charge in [-0.1, -0.05) is 13.3 Å². The van der Waals surface area contributed by atoms with Crippen molar-refractivity contribution in [1.82, 2.24) is 0 Å². The van der Waals surface area contributed by atoms with E-state index in [4.69, 9.17) is 15.3 Å². The van der Waals surface area contributed by atoms with Gasteiger partial charge < -0.3 is 40.9 Å². The third kappa shape index (κ3) is 4.64. The lowest BCUT2D eigenvalue weighted by molar-refractivity contribution is -0.208. The van der Waals surface area contributed by atoms with Crippen LogP contribution in [0.2, 0.25) is 0 Å². The maximum atomic E-state index is 10.2. The van der Waals surface area contributed by atoms with Crippen molar-refractivity contribution in [2.45, 2.75) is 38.2 Å². The monoisotopic (exact) mass is 354 g/mol. The van der Waals surface area contributed by atoms with Crippen molar-refractivity contribution in [3.05, 3.63) is 0 Å². The molecule has 24 heavy (non-hydrogen) atoms. The lowest BCUT2D eigenvalue weighted by atomic mass is 9.58. The molecule has 0 aliphatic heterocycles. The summed E-state index contributed by atoms with van der Waals surface area (Å²) >= 11 is 0. The molecular weight excluding hydrogens is 320 g/mol. The van der Waals surface area contributed by atoms with E-state index in [0.29, 0.717) is 25.7 Å². The SMILES string of the molecule is CCC(CO)(CO)CO.OCC1CCCC(O)(CO)C1(CO)CO. The molecule has 1 aliphatic rings. The molecule has 2 atom stereocenters. The molecule has 0 amide bonds. The molecule has 1 rings (SSSR count). The van der Waals surface area contributed by atoms with Gasteiger partial charge in [-0.25, -0.2) is 0 Å². The first-order chi connectivity index (χ1) is 11.3. The number of hydrogen-bond acceptors (Lipinski definition) is 8. The molecule has 146 valence electrons. The zero-order valence-corrected chi connectivity index (χ0v) is 14.4. The molecule has 1 fully saturated rings. The minimum atomic E-state index is -1.50. The molecule has 0 spiro atoms. The lowest BCUT2D eigenvalue weighted by Gasteiger charge is -2.52. The molecule has 0 aromatic carbocycles. The molecule has 8 nitrogen and oxygen atoms in total. The van der Waals surface area contributed by atoms with Gasteiger partial charge in [0.25, 0.3) is 0 Å². The Kier molecular flexibility index (Phi) is 10.5. The first kappa shape index (κ1) is 23.7. The Labute approximate surface area is 143 Å². The van der Waals surface area contributed by atoms with Crippen LogP contribution in [0.3, 0.4) is 0 Å². The van der Waals surface area contributed by atoms with Gasteiger partial charge in [-0.2, -0.15) is 0 Å². The average molecular weight is 354 g/mol. The Morgan fingerprint density at radius 3 is 1.62 bits per heavy atom. The summed E-state index contributed by atoms with van der Waals surface area (Å²) in [6.45, 7) is -0.238. The first-order valence-electron chi connectivity index (χ1n) is 8.33. The predicted octanol–water partition coefficient (Wildman–Crippen LogP) is -2.17. The zero-order valence-electron chi connectivity index (χ0n) is 14.4. The summed E-state index contributed by atoms with van der Waals surface area (Å²) in [4.78, 5) is 0. The van der Waals surface area contributed by atoms with Gasteiger partial charge in [-0.05, 0) is 25.2 Å². The van der Waals surface area contributed by atoms with Gasteiger partial charge in [0.15, 0.2) is 0 Å². The van der Waals surface area contributed by atoms with Crippen LogP contribution in [0, 0.1) is 16.7 Å². The van der Waals surface area contributed by atoms with Crippen LogP contribution in [-0.4, -0.2) is 92.7 Å². The summed E-state index contributed by atoms with van der Waals surface area (Å²) in [6, 6.07) is 0. The second kappa shape index (κ2) is 10.6. The molecule has 0 aromatic rings. The molecule has 0 saturated heterocycles. The third-order valence-corrected chi connectivity index (χ3v) is 5.65. The molecule has 1 saturated carbocycles. The van der Waals surface area contributed by atoms with Crippen molar-refractivity contribution in [3.63, 3.8) is 0 Å². The van der Waals surface area contributed by atoms with E-state index in [1.54, 1.807) is 0 Å². The Morgan fingerprint density at radius 2 is 1.38 bits per heavy atom. The highest BCUT2D eigenvalue weighted by Gasteiger charge is 2.55. The van der Waals surface area contributed by atoms with E-state index in [1.807, 2.05) is 6.92 Å². The fourth-order valence-corrected chi connectivity index (χ4v) is 3.14.